The Balaban J connectivity index is 2.41. The lowest BCUT2D eigenvalue weighted by Gasteiger charge is -2.01. The zero-order chi connectivity index (χ0) is 11.7. The fourth-order valence-corrected chi connectivity index (χ4v) is 1.64. The minimum Gasteiger partial charge on any atom is -0.440 e. The Morgan fingerprint density at radius 1 is 1.50 bits per heavy atom. The molecule has 0 aliphatic heterocycles. The van der Waals surface area contributed by atoms with Gasteiger partial charge in [0, 0.05) is 17.7 Å². The minimum absolute atomic E-state index is 0.287. The Hall–Kier alpha value is -1.07. The first-order chi connectivity index (χ1) is 7.56. The molecule has 0 radical (unpaired) electrons. The summed E-state index contributed by atoms with van der Waals surface area (Å²) in [7, 11) is 0. The van der Waals surface area contributed by atoms with Crippen molar-refractivity contribution in [3.8, 4) is 0 Å². The van der Waals surface area contributed by atoms with Crippen molar-refractivity contribution in [1.29, 1.82) is 0 Å². The molecule has 0 unspecified atom stereocenters. The zero-order valence-corrected chi connectivity index (χ0v) is 10.7. The van der Waals surface area contributed by atoms with Gasteiger partial charge in [0.1, 0.15) is 9.84 Å². The summed E-state index contributed by atoms with van der Waals surface area (Å²) in [4.78, 5) is 4.39. The standard InChI is InChI=1S/C11H12N2OS2/c1-6(2)10-13-8-4-3-7(12-11(15)16)5-9(8)14-10/h3-6H,1-2H3,(H2,12,15,16). The lowest BCUT2D eigenvalue weighted by molar-refractivity contribution is 0.501. The van der Waals surface area contributed by atoms with Crippen molar-refractivity contribution in [1.82, 2.24) is 4.98 Å². The van der Waals surface area contributed by atoms with Crippen LogP contribution in [0.3, 0.4) is 0 Å². The molecule has 0 spiro atoms. The first kappa shape index (κ1) is 11.4. The van der Waals surface area contributed by atoms with Crippen LogP contribution in [0.4, 0.5) is 5.69 Å². The summed E-state index contributed by atoms with van der Waals surface area (Å²) >= 11 is 8.87. The third-order valence-electron chi connectivity index (χ3n) is 2.15. The third-order valence-corrected chi connectivity index (χ3v) is 2.36. The van der Waals surface area contributed by atoms with E-state index in [1.165, 1.54) is 0 Å². The minimum atomic E-state index is 0.287. The molecule has 1 heterocycles. The second-order valence-electron chi connectivity index (χ2n) is 3.82. The summed E-state index contributed by atoms with van der Waals surface area (Å²) < 4.78 is 6.07. The number of anilines is 1. The van der Waals surface area contributed by atoms with Gasteiger partial charge in [-0.25, -0.2) is 4.98 Å². The second-order valence-corrected chi connectivity index (χ2v) is 4.98. The Morgan fingerprint density at radius 3 is 2.88 bits per heavy atom. The van der Waals surface area contributed by atoms with E-state index in [0.717, 1.165) is 22.7 Å². The Morgan fingerprint density at radius 2 is 2.25 bits per heavy atom. The van der Waals surface area contributed by atoms with Crippen molar-refractivity contribution in [2.45, 2.75) is 19.8 Å². The van der Waals surface area contributed by atoms with E-state index in [2.05, 4.69) is 22.9 Å². The molecule has 0 saturated heterocycles. The molecule has 0 fully saturated rings. The molecule has 2 aromatic rings. The molecule has 1 aromatic heterocycles. The van der Waals surface area contributed by atoms with Gasteiger partial charge in [-0.15, -0.1) is 12.6 Å². The fourth-order valence-electron chi connectivity index (χ4n) is 1.39. The lowest BCUT2D eigenvalue weighted by Crippen LogP contribution is -1.99. The van der Waals surface area contributed by atoms with Crippen LogP contribution in [0.5, 0.6) is 0 Å². The van der Waals surface area contributed by atoms with Crippen LogP contribution in [-0.2, 0) is 0 Å². The zero-order valence-electron chi connectivity index (χ0n) is 9.02. The summed E-state index contributed by atoms with van der Waals surface area (Å²) in [5.41, 5.74) is 2.48. The highest BCUT2D eigenvalue weighted by atomic mass is 32.1. The summed E-state index contributed by atoms with van der Waals surface area (Å²) in [6.45, 7) is 4.10. The van der Waals surface area contributed by atoms with Crippen LogP contribution in [0.1, 0.15) is 25.7 Å². The Labute approximate surface area is 105 Å². The molecule has 16 heavy (non-hydrogen) atoms. The highest BCUT2D eigenvalue weighted by molar-refractivity contribution is 8.11. The molecule has 0 atom stereocenters. The average Bonchev–Trinajstić information content (AvgIpc) is 2.59. The normalized spacial score (nSPS) is 11.0. The Bertz CT molecular complexity index is 534. The highest BCUT2D eigenvalue weighted by Crippen LogP contribution is 2.23. The topological polar surface area (TPSA) is 38.1 Å². The van der Waals surface area contributed by atoms with Crippen molar-refractivity contribution in [3.05, 3.63) is 24.1 Å². The molecule has 0 saturated carbocycles. The van der Waals surface area contributed by atoms with Crippen molar-refractivity contribution in [2.24, 2.45) is 0 Å². The van der Waals surface area contributed by atoms with Crippen LogP contribution >= 0.6 is 24.8 Å². The van der Waals surface area contributed by atoms with Crippen LogP contribution in [-0.4, -0.2) is 9.30 Å². The number of fused-ring (bicyclic) bond motifs is 1. The van der Waals surface area contributed by atoms with Gasteiger partial charge in [0.05, 0.1) is 0 Å². The van der Waals surface area contributed by atoms with E-state index >= 15 is 0 Å². The van der Waals surface area contributed by atoms with Gasteiger partial charge in [0.15, 0.2) is 11.5 Å². The van der Waals surface area contributed by atoms with Gasteiger partial charge in [0.25, 0.3) is 0 Å². The highest BCUT2D eigenvalue weighted by Gasteiger charge is 2.09. The second kappa shape index (κ2) is 4.43. The van der Waals surface area contributed by atoms with E-state index in [1.54, 1.807) is 0 Å². The van der Waals surface area contributed by atoms with Gasteiger partial charge in [-0.2, -0.15) is 0 Å². The van der Waals surface area contributed by atoms with E-state index in [0.29, 0.717) is 4.32 Å². The number of thiocarbonyl (C=S) groups is 1. The monoisotopic (exact) mass is 252 g/mol. The van der Waals surface area contributed by atoms with Gasteiger partial charge in [-0.1, -0.05) is 26.1 Å². The summed E-state index contributed by atoms with van der Waals surface area (Å²) in [6.07, 6.45) is 0. The predicted molar refractivity (Wildman–Crippen MR) is 73.3 cm³/mol. The molecule has 0 aliphatic rings. The number of rotatable bonds is 2. The number of thiol groups is 1. The van der Waals surface area contributed by atoms with E-state index in [1.807, 2.05) is 32.0 Å². The van der Waals surface area contributed by atoms with Crippen LogP contribution in [0, 0.1) is 0 Å². The van der Waals surface area contributed by atoms with E-state index in [4.69, 9.17) is 16.6 Å². The first-order valence-electron chi connectivity index (χ1n) is 4.96. The summed E-state index contributed by atoms with van der Waals surface area (Å²) in [5.74, 6) is 1.04. The molecule has 5 heteroatoms. The molecule has 2 rings (SSSR count). The number of nitrogens with zero attached hydrogens (tertiary/aromatic N) is 1. The quantitative estimate of drug-likeness (QED) is 0.633. The average molecular weight is 252 g/mol. The van der Waals surface area contributed by atoms with Gasteiger partial charge in [-0.3, -0.25) is 0 Å². The third kappa shape index (κ3) is 2.36. The van der Waals surface area contributed by atoms with Gasteiger partial charge in [0.2, 0.25) is 0 Å². The number of hydrogen-bond acceptors (Lipinski definition) is 3. The number of oxazole rings is 1. The number of nitrogens with one attached hydrogen (secondary N) is 1. The van der Waals surface area contributed by atoms with Crippen molar-refractivity contribution in [3.63, 3.8) is 0 Å². The molecule has 0 bridgehead atoms. The lowest BCUT2D eigenvalue weighted by atomic mass is 10.2. The number of aromatic nitrogens is 1. The van der Waals surface area contributed by atoms with Crippen LogP contribution in [0.15, 0.2) is 22.6 Å². The summed E-state index contributed by atoms with van der Waals surface area (Å²) in [6, 6.07) is 5.67. The predicted octanol–water partition coefficient (Wildman–Crippen LogP) is 3.58. The Kier molecular flexibility index (Phi) is 3.16. The summed E-state index contributed by atoms with van der Waals surface area (Å²) in [5, 5.41) is 2.94. The molecular formula is C11H12N2OS2. The van der Waals surface area contributed by atoms with Crippen LogP contribution < -0.4 is 5.32 Å². The largest absolute Gasteiger partial charge is 0.440 e. The molecule has 1 N–H and O–H groups in total. The van der Waals surface area contributed by atoms with E-state index < -0.39 is 0 Å². The molecule has 0 aliphatic carbocycles. The molecule has 0 amide bonds. The van der Waals surface area contributed by atoms with Crippen LogP contribution in [0.25, 0.3) is 11.1 Å². The van der Waals surface area contributed by atoms with Gasteiger partial charge >= 0.3 is 0 Å². The maximum atomic E-state index is 5.63. The molecule has 84 valence electrons. The fraction of sp³-hybridized carbons (Fsp3) is 0.273. The SMILES string of the molecule is CC(C)c1nc2ccc(NC(=S)S)cc2o1. The number of benzene rings is 1. The maximum absolute atomic E-state index is 5.63. The van der Waals surface area contributed by atoms with Gasteiger partial charge in [-0.05, 0) is 12.1 Å². The first-order valence-corrected chi connectivity index (χ1v) is 5.82. The van der Waals surface area contributed by atoms with Crippen molar-refractivity contribution >= 4 is 46.0 Å². The molecular weight excluding hydrogens is 240 g/mol. The smallest absolute Gasteiger partial charge is 0.198 e. The van der Waals surface area contributed by atoms with Crippen molar-refractivity contribution < 1.29 is 4.42 Å². The molecule has 1 aromatic carbocycles. The molecule has 3 nitrogen and oxygen atoms in total. The number of hydrogen-bond donors (Lipinski definition) is 2. The van der Waals surface area contributed by atoms with Gasteiger partial charge < -0.3 is 9.73 Å². The van der Waals surface area contributed by atoms with Crippen LogP contribution in [0.2, 0.25) is 0 Å². The van der Waals surface area contributed by atoms with E-state index in [-0.39, 0.29) is 5.92 Å². The maximum Gasteiger partial charge on any atom is 0.198 e. The van der Waals surface area contributed by atoms with Crippen molar-refractivity contribution in [2.75, 3.05) is 5.32 Å². The van der Waals surface area contributed by atoms with E-state index in [9.17, 15) is 0 Å².